The van der Waals surface area contributed by atoms with Crippen molar-refractivity contribution in [1.29, 1.82) is 0 Å². The van der Waals surface area contributed by atoms with Gasteiger partial charge in [-0.05, 0) is 43.4 Å². The summed E-state index contributed by atoms with van der Waals surface area (Å²) in [6.45, 7) is 3.68. The van der Waals surface area contributed by atoms with Crippen LogP contribution in [-0.4, -0.2) is 50.1 Å². The molecule has 0 aromatic heterocycles. The number of benzene rings is 2. The molecular weight excluding hydrogens is 446 g/mol. The molecule has 1 saturated carbocycles. The predicted molar refractivity (Wildman–Crippen MR) is 133 cm³/mol. The van der Waals surface area contributed by atoms with E-state index in [0.29, 0.717) is 43.5 Å². The number of hydrogen-bond acceptors (Lipinski definition) is 6. The van der Waals surface area contributed by atoms with Gasteiger partial charge in [-0.25, -0.2) is 4.79 Å². The Hall–Kier alpha value is -3.65. The van der Waals surface area contributed by atoms with Crippen molar-refractivity contribution in [2.75, 3.05) is 20.2 Å². The molecule has 2 amide bonds. The van der Waals surface area contributed by atoms with Gasteiger partial charge in [0.05, 0.1) is 18.7 Å². The topological polar surface area (TPSA) is 120 Å². The minimum atomic E-state index is -0.801. The van der Waals surface area contributed by atoms with E-state index in [-0.39, 0.29) is 24.3 Å². The number of rotatable bonds is 10. The second kappa shape index (κ2) is 12.2. The number of nitrogens with one attached hydrogen (secondary N) is 2. The van der Waals surface area contributed by atoms with E-state index in [1.54, 1.807) is 24.3 Å². The summed E-state index contributed by atoms with van der Waals surface area (Å²) in [6, 6.07) is 16.1. The average molecular weight is 480 g/mol. The highest BCUT2D eigenvalue weighted by Gasteiger charge is 2.46. The molecule has 0 aliphatic heterocycles. The SMILES string of the molecule is C=CCNC(=O)CNC(=O)OC1CCC(c2ccccc2)(C(N)C(=O)c2ccccc2OC)CC1. The number of methoxy groups -OCH3 is 1. The number of ketones is 1. The van der Waals surface area contributed by atoms with Crippen molar-refractivity contribution in [3.05, 3.63) is 78.4 Å². The first-order valence-electron chi connectivity index (χ1n) is 11.7. The molecule has 35 heavy (non-hydrogen) atoms. The summed E-state index contributed by atoms with van der Waals surface area (Å²) in [4.78, 5) is 37.4. The summed E-state index contributed by atoms with van der Waals surface area (Å²) >= 11 is 0. The Bertz CT molecular complexity index is 1030. The van der Waals surface area contributed by atoms with Crippen LogP contribution in [0.5, 0.6) is 5.75 Å². The van der Waals surface area contributed by atoms with Crippen LogP contribution in [-0.2, 0) is 14.9 Å². The molecular formula is C27H33N3O5. The molecule has 1 unspecified atom stereocenters. The highest BCUT2D eigenvalue weighted by Crippen LogP contribution is 2.43. The Balaban J connectivity index is 1.71. The van der Waals surface area contributed by atoms with Crippen LogP contribution in [0.3, 0.4) is 0 Å². The van der Waals surface area contributed by atoms with E-state index in [1.807, 2.05) is 36.4 Å². The van der Waals surface area contributed by atoms with Crippen molar-refractivity contribution in [3.8, 4) is 5.75 Å². The summed E-state index contributed by atoms with van der Waals surface area (Å²) < 4.78 is 10.9. The number of Topliss-reactive ketones (excluding diaryl/α,β-unsaturated/α-hetero) is 1. The zero-order valence-electron chi connectivity index (χ0n) is 20.0. The first kappa shape index (κ1) is 26.0. The molecule has 4 N–H and O–H groups in total. The maximum Gasteiger partial charge on any atom is 0.407 e. The number of carbonyl (C=O) groups excluding carboxylic acids is 3. The Kier molecular flexibility index (Phi) is 9.03. The fourth-order valence-corrected chi connectivity index (χ4v) is 4.63. The lowest BCUT2D eigenvalue weighted by Gasteiger charge is -2.43. The third-order valence-corrected chi connectivity index (χ3v) is 6.53. The van der Waals surface area contributed by atoms with Gasteiger partial charge in [0.1, 0.15) is 18.4 Å². The quantitative estimate of drug-likeness (QED) is 0.356. The fraction of sp³-hybridized carbons (Fsp3) is 0.370. The lowest BCUT2D eigenvalue weighted by atomic mass is 9.63. The minimum absolute atomic E-state index is 0.175. The van der Waals surface area contributed by atoms with Gasteiger partial charge >= 0.3 is 6.09 Å². The zero-order valence-corrected chi connectivity index (χ0v) is 20.0. The van der Waals surface area contributed by atoms with Gasteiger partial charge in [0.25, 0.3) is 0 Å². The summed E-state index contributed by atoms with van der Waals surface area (Å²) in [7, 11) is 1.53. The van der Waals surface area contributed by atoms with Crippen molar-refractivity contribution in [3.63, 3.8) is 0 Å². The first-order chi connectivity index (χ1) is 16.9. The van der Waals surface area contributed by atoms with Crippen LogP contribution >= 0.6 is 0 Å². The molecule has 0 bridgehead atoms. The van der Waals surface area contributed by atoms with Gasteiger partial charge in [0.15, 0.2) is 5.78 Å². The molecule has 8 nitrogen and oxygen atoms in total. The highest BCUT2D eigenvalue weighted by molar-refractivity contribution is 6.03. The lowest BCUT2D eigenvalue weighted by molar-refractivity contribution is -0.120. The number of amides is 2. The zero-order chi connectivity index (χ0) is 25.3. The van der Waals surface area contributed by atoms with Crippen LogP contribution in [0.15, 0.2) is 67.3 Å². The molecule has 8 heteroatoms. The molecule has 0 saturated heterocycles. The van der Waals surface area contributed by atoms with Crippen molar-refractivity contribution in [1.82, 2.24) is 10.6 Å². The van der Waals surface area contributed by atoms with Crippen LogP contribution in [0, 0.1) is 0 Å². The van der Waals surface area contributed by atoms with E-state index >= 15 is 0 Å². The summed E-state index contributed by atoms with van der Waals surface area (Å²) in [6.07, 6.45) is 2.78. The van der Waals surface area contributed by atoms with E-state index < -0.39 is 17.6 Å². The largest absolute Gasteiger partial charge is 0.496 e. The molecule has 0 heterocycles. The summed E-state index contributed by atoms with van der Waals surface area (Å²) in [5.74, 6) is -0.0228. The van der Waals surface area contributed by atoms with E-state index in [4.69, 9.17) is 15.2 Å². The number of alkyl carbamates (subject to hydrolysis) is 1. The van der Waals surface area contributed by atoms with Gasteiger partial charge < -0.3 is 25.8 Å². The predicted octanol–water partition coefficient (Wildman–Crippen LogP) is 3.11. The number of para-hydroxylation sites is 1. The van der Waals surface area contributed by atoms with E-state index in [9.17, 15) is 14.4 Å². The molecule has 1 aliphatic carbocycles. The Morgan fingerprint density at radius 2 is 1.74 bits per heavy atom. The average Bonchev–Trinajstić information content (AvgIpc) is 2.90. The molecule has 0 spiro atoms. The van der Waals surface area contributed by atoms with Gasteiger partial charge in [0.2, 0.25) is 5.91 Å². The molecule has 1 fully saturated rings. The lowest BCUT2D eigenvalue weighted by Crippen LogP contribution is -2.53. The van der Waals surface area contributed by atoms with E-state index in [1.165, 1.54) is 7.11 Å². The minimum Gasteiger partial charge on any atom is -0.496 e. The van der Waals surface area contributed by atoms with Crippen LogP contribution < -0.4 is 21.1 Å². The molecule has 2 aromatic rings. The Morgan fingerprint density at radius 1 is 1.09 bits per heavy atom. The first-order valence-corrected chi connectivity index (χ1v) is 11.7. The summed E-state index contributed by atoms with van der Waals surface area (Å²) in [5.41, 5.74) is 7.53. The second-order valence-corrected chi connectivity index (χ2v) is 8.62. The van der Waals surface area contributed by atoms with Gasteiger partial charge in [0, 0.05) is 12.0 Å². The molecule has 3 rings (SSSR count). The standard InChI is InChI=1S/C27H33N3O5/c1-3-17-29-23(31)18-30-26(33)35-20-13-15-27(16-14-20,19-9-5-4-6-10-19)25(28)24(32)21-11-7-8-12-22(21)34-2/h3-12,20,25H,1,13-18,28H2,2H3,(H,29,31)(H,30,33). The smallest absolute Gasteiger partial charge is 0.407 e. The van der Waals surface area contributed by atoms with Crippen molar-refractivity contribution < 1.29 is 23.9 Å². The van der Waals surface area contributed by atoms with Crippen LogP contribution in [0.4, 0.5) is 4.79 Å². The number of hydrogen-bond donors (Lipinski definition) is 3. The van der Waals surface area contributed by atoms with Crippen LogP contribution in [0.2, 0.25) is 0 Å². The number of carbonyl (C=O) groups is 3. The molecule has 1 atom stereocenters. The van der Waals surface area contributed by atoms with Gasteiger partial charge in [-0.1, -0.05) is 48.5 Å². The summed E-state index contributed by atoms with van der Waals surface area (Å²) in [5, 5.41) is 5.05. The second-order valence-electron chi connectivity index (χ2n) is 8.62. The fourth-order valence-electron chi connectivity index (χ4n) is 4.63. The molecule has 2 aromatic carbocycles. The van der Waals surface area contributed by atoms with Crippen molar-refractivity contribution >= 4 is 17.8 Å². The van der Waals surface area contributed by atoms with Crippen molar-refractivity contribution in [2.24, 2.45) is 5.73 Å². The molecule has 0 radical (unpaired) electrons. The maximum atomic E-state index is 13.5. The Labute approximate surface area is 205 Å². The number of ether oxygens (including phenoxy) is 2. The van der Waals surface area contributed by atoms with E-state index in [0.717, 1.165) is 5.56 Å². The normalized spacial score (nSPS) is 20.2. The van der Waals surface area contributed by atoms with Crippen LogP contribution in [0.1, 0.15) is 41.6 Å². The van der Waals surface area contributed by atoms with Gasteiger partial charge in [-0.2, -0.15) is 0 Å². The molecule has 1 aliphatic rings. The third kappa shape index (κ3) is 6.27. The third-order valence-electron chi connectivity index (χ3n) is 6.53. The monoisotopic (exact) mass is 479 g/mol. The van der Waals surface area contributed by atoms with Crippen LogP contribution in [0.25, 0.3) is 0 Å². The maximum absolute atomic E-state index is 13.5. The van der Waals surface area contributed by atoms with Gasteiger partial charge in [-0.3, -0.25) is 9.59 Å². The highest BCUT2D eigenvalue weighted by atomic mass is 16.6. The van der Waals surface area contributed by atoms with Crippen molar-refractivity contribution in [2.45, 2.75) is 43.2 Å². The van der Waals surface area contributed by atoms with Gasteiger partial charge in [-0.15, -0.1) is 6.58 Å². The molecule has 186 valence electrons. The number of nitrogens with two attached hydrogens (primary N) is 1. The Morgan fingerprint density at radius 3 is 2.40 bits per heavy atom. The van der Waals surface area contributed by atoms with E-state index in [2.05, 4.69) is 17.2 Å².